The molecule has 5 rings (SSSR count). The zero-order valence-electron chi connectivity index (χ0n) is 20.9. The molecule has 2 fully saturated rings. The molecule has 1 spiro atoms. The summed E-state index contributed by atoms with van der Waals surface area (Å²) >= 11 is 0. The Kier molecular flexibility index (Phi) is 6.49. The molecule has 1 aliphatic carbocycles. The highest BCUT2D eigenvalue weighted by Crippen LogP contribution is 2.46. The second-order valence-corrected chi connectivity index (χ2v) is 9.69. The molecular formula is C27H30N4O6. The van der Waals surface area contributed by atoms with Gasteiger partial charge in [0.25, 0.3) is 5.91 Å². The minimum Gasteiger partial charge on any atom is -0.493 e. The third-order valence-corrected chi connectivity index (χ3v) is 7.29. The summed E-state index contributed by atoms with van der Waals surface area (Å²) in [6, 6.07) is 14.1. The first-order valence-corrected chi connectivity index (χ1v) is 12.5. The number of carbonyl (C=O) groups is 4. The third-order valence-electron chi connectivity index (χ3n) is 7.29. The van der Waals surface area contributed by atoms with Gasteiger partial charge in [0.1, 0.15) is 12.3 Å². The summed E-state index contributed by atoms with van der Waals surface area (Å²) in [5.41, 5.74) is 0.268. The van der Waals surface area contributed by atoms with Gasteiger partial charge in [-0.05, 0) is 43.4 Å². The van der Waals surface area contributed by atoms with E-state index in [1.165, 1.54) is 7.05 Å². The molecule has 1 saturated heterocycles. The molecule has 2 aromatic rings. The minimum atomic E-state index is -1.57. The van der Waals surface area contributed by atoms with Crippen molar-refractivity contribution in [1.29, 1.82) is 0 Å². The van der Waals surface area contributed by atoms with Crippen molar-refractivity contribution in [1.82, 2.24) is 15.1 Å². The number of urea groups is 1. The maximum Gasteiger partial charge on any atom is 0.418 e. The predicted molar refractivity (Wildman–Crippen MR) is 134 cm³/mol. The van der Waals surface area contributed by atoms with Gasteiger partial charge >= 0.3 is 12.1 Å². The lowest BCUT2D eigenvalue weighted by Crippen LogP contribution is -2.48. The SMILES string of the molecule is CNC(=O)Nc1ccc2c(c1)OCCC21OC(=O)N(CC(=O)N(Cc2ccccc2)C(C)C2CC2)C1=O. The van der Waals surface area contributed by atoms with Gasteiger partial charge in [0.2, 0.25) is 11.5 Å². The van der Waals surface area contributed by atoms with Gasteiger partial charge in [-0.3, -0.25) is 9.59 Å². The van der Waals surface area contributed by atoms with E-state index in [0.29, 0.717) is 29.5 Å². The van der Waals surface area contributed by atoms with Crippen molar-refractivity contribution in [3.05, 3.63) is 59.7 Å². The number of amides is 5. The average Bonchev–Trinajstić information content (AvgIpc) is 3.72. The van der Waals surface area contributed by atoms with Crippen molar-refractivity contribution < 1.29 is 28.7 Å². The van der Waals surface area contributed by atoms with Crippen molar-refractivity contribution in [2.24, 2.45) is 5.92 Å². The van der Waals surface area contributed by atoms with Crippen molar-refractivity contribution >= 4 is 29.6 Å². The van der Waals surface area contributed by atoms with Crippen LogP contribution in [-0.4, -0.2) is 60.0 Å². The molecule has 2 aliphatic heterocycles. The molecule has 0 bridgehead atoms. The fourth-order valence-electron chi connectivity index (χ4n) is 5.00. The number of ether oxygens (including phenoxy) is 2. The van der Waals surface area contributed by atoms with Crippen LogP contribution in [0, 0.1) is 5.92 Å². The smallest absolute Gasteiger partial charge is 0.418 e. The average molecular weight is 507 g/mol. The van der Waals surface area contributed by atoms with E-state index in [1.807, 2.05) is 37.3 Å². The van der Waals surface area contributed by atoms with Gasteiger partial charge in [-0.1, -0.05) is 30.3 Å². The van der Waals surface area contributed by atoms with E-state index in [9.17, 15) is 19.2 Å². The molecule has 2 atom stereocenters. The van der Waals surface area contributed by atoms with E-state index in [-0.39, 0.29) is 25.0 Å². The number of anilines is 1. The van der Waals surface area contributed by atoms with Crippen molar-refractivity contribution in [3.8, 4) is 5.75 Å². The van der Waals surface area contributed by atoms with Crippen LogP contribution in [0.15, 0.2) is 48.5 Å². The number of rotatable bonds is 7. The molecule has 37 heavy (non-hydrogen) atoms. The number of hydrogen-bond donors (Lipinski definition) is 2. The molecule has 1 saturated carbocycles. The maximum atomic E-state index is 13.7. The van der Waals surface area contributed by atoms with E-state index in [2.05, 4.69) is 10.6 Å². The Bertz CT molecular complexity index is 1230. The topological polar surface area (TPSA) is 117 Å². The summed E-state index contributed by atoms with van der Waals surface area (Å²) in [5, 5.41) is 5.11. The highest BCUT2D eigenvalue weighted by atomic mass is 16.6. The van der Waals surface area contributed by atoms with E-state index in [1.54, 1.807) is 23.1 Å². The van der Waals surface area contributed by atoms with Gasteiger partial charge in [-0.2, -0.15) is 0 Å². The van der Waals surface area contributed by atoms with E-state index in [0.717, 1.165) is 23.3 Å². The molecule has 3 aliphatic rings. The van der Waals surface area contributed by atoms with Gasteiger partial charge in [-0.25, -0.2) is 14.5 Å². The Hall–Kier alpha value is -4.08. The molecule has 2 heterocycles. The molecule has 0 radical (unpaired) electrons. The Morgan fingerprint density at radius 2 is 1.92 bits per heavy atom. The van der Waals surface area contributed by atoms with Crippen molar-refractivity contribution in [2.45, 2.75) is 44.4 Å². The van der Waals surface area contributed by atoms with Crippen LogP contribution >= 0.6 is 0 Å². The van der Waals surface area contributed by atoms with Crippen LogP contribution in [0.3, 0.4) is 0 Å². The summed E-state index contributed by atoms with van der Waals surface area (Å²) in [6.45, 7) is 2.16. The molecule has 0 aromatic heterocycles. The Labute approximate surface area is 214 Å². The number of carbonyl (C=O) groups excluding carboxylic acids is 4. The Balaban J connectivity index is 1.37. The first-order chi connectivity index (χ1) is 17.8. The van der Waals surface area contributed by atoms with Gasteiger partial charge in [0, 0.05) is 43.4 Å². The maximum absolute atomic E-state index is 13.7. The largest absolute Gasteiger partial charge is 0.493 e. The molecule has 2 N–H and O–H groups in total. The molecule has 2 aromatic carbocycles. The zero-order chi connectivity index (χ0) is 26.2. The van der Waals surface area contributed by atoms with Crippen LogP contribution in [0.5, 0.6) is 5.75 Å². The number of imide groups is 1. The molecule has 194 valence electrons. The number of nitrogens with one attached hydrogen (secondary N) is 2. The first-order valence-electron chi connectivity index (χ1n) is 12.5. The molecule has 5 amide bonds. The van der Waals surface area contributed by atoms with E-state index < -0.39 is 30.2 Å². The lowest BCUT2D eigenvalue weighted by Gasteiger charge is -2.32. The molecule has 2 unspecified atom stereocenters. The summed E-state index contributed by atoms with van der Waals surface area (Å²) in [6.07, 6.45) is 1.39. The number of hydrogen-bond acceptors (Lipinski definition) is 6. The first kappa shape index (κ1) is 24.6. The lowest BCUT2D eigenvalue weighted by atomic mass is 9.87. The monoisotopic (exact) mass is 506 g/mol. The van der Waals surface area contributed by atoms with Gasteiger partial charge in [0.05, 0.1) is 6.61 Å². The predicted octanol–water partition coefficient (Wildman–Crippen LogP) is 3.22. The summed E-state index contributed by atoms with van der Waals surface area (Å²) < 4.78 is 11.4. The second-order valence-electron chi connectivity index (χ2n) is 9.69. The number of nitrogens with zero attached hydrogens (tertiary/aromatic N) is 2. The van der Waals surface area contributed by atoms with E-state index in [4.69, 9.17) is 9.47 Å². The van der Waals surface area contributed by atoms with Crippen LogP contribution in [0.1, 0.15) is 37.3 Å². The minimum absolute atomic E-state index is 0.00885. The lowest BCUT2D eigenvalue weighted by molar-refractivity contribution is -0.144. The van der Waals surface area contributed by atoms with Crippen LogP contribution in [0.25, 0.3) is 0 Å². The molecular weight excluding hydrogens is 476 g/mol. The highest BCUT2D eigenvalue weighted by molar-refractivity contribution is 6.06. The summed E-state index contributed by atoms with van der Waals surface area (Å²) in [4.78, 5) is 54.5. The molecule has 10 heteroatoms. The van der Waals surface area contributed by atoms with Crippen molar-refractivity contribution in [2.75, 3.05) is 25.5 Å². The van der Waals surface area contributed by atoms with Crippen molar-refractivity contribution in [3.63, 3.8) is 0 Å². The Morgan fingerprint density at radius 3 is 2.62 bits per heavy atom. The fourth-order valence-corrected chi connectivity index (χ4v) is 5.00. The van der Waals surface area contributed by atoms with Gasteiger partial charge in [-0.15, -0.1) is 0 Å². The van der Waals surface area contributed by atoms with Gasteiger partial charge in [0.15, 0.2) is 0 Å². The zero-order valence-corrected chi connectivity index (χ0v) is 20.9. The molecule has 10 nitrogen and oxygen atoms in total. The van der Waals surface area contributed by atoms with Crippen LogP contribution < -0.4 is 15.4 Å². The van der Waals surface area contributed by atoms with E-state index >= 15 is 0 Å². The number of fused-ring (bicyclic) bond motifs is 2. The van der Waals surface area contributed by atoms with Gasteiger partial charge < -0.3 is 25.0 Å². The van der Waals surface area contributed by atoms with Crippen LogP contribution in [-0.2, 0) is 26.5 Å². The normalized spacial score (nSPS) is 21.1. The van der Waals surface area contributed by atoms with Crippen LogP contribution in [0.4, 0.5) is 15.3 Å². The Morgan fingerprint density at radius 1 is 1.16 bits per heavy atom. The highest BCUT2D eigenvalue weighted by Gasteiger charge is 2.58. The third kappa shape index (κ3) is 4.71. The summed E-state index contributed by atoms with van der Waals surface area (Å²) in [7, 11) is 1.50. The van der Waals surface area contributed by atoms with Crippen LogP contribution in [0.2, 0.25) is 0 Å². The second kappa shape index (κ2) is 9.76. The number of benzene rings is 2. The quantitative estimate of drug-likeness (QED) is 0.596. The summed E-state index contributed by atoms with van der Waals surface area (Å²) in [5.74, 6) is -0.133. The standard InChI is InChI=1S/C27H30N4O6/c1-17(19-8-9-19)30(15-18-6-4-3-5-7-18)23(32)16-31-24(33)27(37-26(31)35)12-13-36-22-14-20(10-11-21(22)27)29-25(34)28-2/h3-7,10-11,14,17,19H,8-9,12-13,15-16H2,1-2H3,(H2,28,29,34). The fraction of sp³-hybridized carbons (Fsp3) is 0.407.